The molecular weight excluding hydrogens is 272 g/mol. The zero-order valence-electron chi connectivity index (χ0n) is 13.8. The van der Waals surface area contributed by atoms with Crippen molar-refractivity contribution in [1.29, 1.82) is 0 Å². The van der Waals surface area contributed by atoms with Crippen molar-refractivity contribution in [3.63, 3.8) is 0 Å². The van der Waals surface area contributed by atoms with Crippen LogP contribution in [0.1, 0.15) is 58.3 Å². The van der Waals surface area contributed by atoms with Gasteiger partial charge in [-0.3, -0.25) is 4.79 Å². The van der Waals surface area contributed by atoms with E-state index in [1.165, 1.54) is 0 Å². The molecule has 0 spiro atoms. The van der Waals surface area contributed by atoms with Gasteiger partial charge in [0.2, 0.25) is 0 Å². The van der Waals surface area contributed by atoms with Crippen LogP contribution in [0.5, 0.6) is 0 Å². The Morgan fingerprint density at radius 2 is 1.14 bits per heavy atom. The molecule has 122 valence electrons. The van der Waals surface area contributed by atoms with Gasteiger partial charge in [-0.15, -0.1) is 0 Å². The lowest BCUT2D eigenvalue weighted by molar-refractivity contribution is -0.137. The van der Waals surface area contributed by atoms with E-state index in [-0.39, 0.29) is 6.42 Å². The van der Waals surface area contributed by atoms with Crippen LogP contribution in [0.3, 0.4) is 0 Å². The first-order valence-electron chi connectivity index (χ1n) is 8.24. The smallest absolute Gasteiger partial charge is 0.303 e. The third-order valence-electron chi connectivity index (χ3n) is 2.92. The first-order chi connectivity index (χ1) is 10.8. The third-order valence-corrected chi connectivity index (χ3v) is 2.92. The Kier molecular flexibility index (Phi) is 15.8. The lowest BCUT2D eigenvalue weighted by atomic mass is 10.2. The Morgan fingerprint density at radius 1 is 0.727 bits per heavy atom. The third kappa shape index (κ3) is 18.2. The second kappa shape index (κ2) is 17.2. The molecule has 1 N–H and O–H groups in total. The molecule has 22 heavy (non-hydrogen) atoms. The van der Waals surface area contributed by atoms with Crippen molar-refractivity contribution in [2.75, 3.05) is 0 Å². The van der Waals surface area contributed by atoms with E-state index in [0.717, 1.165) is 44.9 Å². The summed E-state index contributed by atoms with van der Waals surface area (Å²) in [6.45, 7) is 2.14. The average molecular weight is 302 g/mol. The highest BCUT2D eigenvalue weighted by Crippen LogP contribution is 1.99. The maximum atomic E-state index is 10.3. The molecule has 0 amide bonds. The molecule has 0 aliphatic heterocycles. The fraction of sp³-hybridized carbons (Fsp3) is 0.450. The molecule has 0 aliphatic carbocycles. The van der Waals surface area contributed by atoms with Gasteiger partial charge < -0.3 is 5.11 Å². The molecule has 0 unspecified atom stereocenters. The summed E-state index contributed by atoms with van der Waals surface area (Å²) in [5.41, 5.74) is 0. The molecule has 0 fully saturated rings. The van der Waals surface area contributed by atoms with Crippen molar-refractivity contribution in [3.8, 4) is 0 Å². The van der Waals surface area contributed by atoms with Gasteiger partial charge in [0, 0.05) is 6.42 Å². The van der Waals surface area contributed by atoms with Crippen molar-refractivity contribution >= 4 is 5.97 Å². The maximum Gasteiger partial charge on any atom is 0.303 e. The van der Waals surface area contributed by atoms with Crippen molar-refractivity contribution in [2.45, 2.75) is 58.3 Å². The van der Waals surface area contributed by atoms with E-state index in [0.29, 0.717) is 0 Å². The molecule has 0 saturated carbocycles. The highest BCUT2D eigenvalue weighted by Gasteiger charge is 1.92. The zero-order valence-corrected chi connectivity index (χ0v) is 13.8. The number of hydrogen-bond donors (Lipinski definition) is 1. The number of carboxylic acids is 1. The van der Waals surface area contributed by atoms with Crippen LogP contribution in [0.15, 0.2) is 60.8 Å². The van der Waals surface area contributed by atoms with Crippen molar-refractivity contribution in [1.82, 2.24) is 0 Å². The number of aliphatic carboxylic acids is 1. The minimum absolute atomic E-state index is 0.258. The van der Waals surface area contributed by atoms with Gasteiger partial charge in [0.15, 0.2) is 0 Å². The Labute approximate surface area is 135 Å². The summed E-state index contributed by atoms with van der Waals surface area (Å²) < 4.78 is 0. The summed E-state index contributed by atoms with van der Waals surface area (Å²) in [6, 6.07) is 0. The summed E-state index contributed by atoms with van der Waals surface area (Å²) in [4.78, 5) is 10.3. The van der Waals surface area contributed by atoms with Crippen LogP contribution in [-0.2, 0) is 4.79 Å². The quantitative estimate of drug-likeness (QED) is 0.335. The van der Waals surface area contributed by atoms with E-state index < -0.39 is 5.97 Å². The summed E-state index contributed by atoms with van der Waals surface area (Å²) in [5, 5.41) is 8.49. The Balaban J connectivity index is 3.46. The molecule has 0 heterocycles. The molecule has 0 saturated heterocycles. The fourth-order valence-electron chi connectivity index (χ4n) is 1.74. The van der Waals surface area contributed by atoms with E-state index in [1.807, 2.05) is 0 Å². The number of hydrogen-bond acceptors (Lipinski definition) is 1. The van der Waals surface area contributed by atoms with Gasteiger partial charge >= 0.3 is 5.97 Å². The maximum absolute atomic E-state index is 10.3. The Morgan fingerprint density at radius 3 is 1.55 bits per heavy atom. The van der Waals surface area contributed by atoms with Gasteiger partial charge in [-0.05, 0) is 44.9 Å². The molecule has 0 atom stereocenters. The van der Waals surface area contributed by atoms with Gasteiger partial charge in [-0.1, -0.05) is 67.7 Å². The standard InChI is InChI=1S/C20H30O2/c1-2-3-4-5-6-7-8-9-10-11-12-13-14-15-16-17-18-19-20(21)22/h3-4,6-7,9-10,12-13,15-16H,2,5,8,11,14,17-19H2,1H3,(H,21,22)/b4-3?,7-6?,10-9?,13-12?,16-15-. The topological polar surface area (TPSA) is 37.3 Å². The van der Waals surface area contributed by atoms with E-state index in [1.54, 1.807) is 0 Å². The van der Waals surface area contributed by atoms with Crippen molar-refractivity contribution in [3.05, 3.63) is 60.8 Å². The number of unbranched alkanes of at least 4 members (excludes halogenated alkanes) is 1. The number of carboxylic acid groups (broad SMARTS) is 1. The lowest BCUT2D eigenvalue weighted by Gasteiger charge is -1.89. The molecule has 0 aliphatic rings. The first-order valence-corrected chi connectivity index (χ1v) is 8.24. The monoisotopic (exact) mass is 302 g/mol. The minimum Gasteiger partial charge on any atom is -0.481 e. The average Bonchev–Trinajstić information content (AvgIpc) is 2.50. The number of carbonyl (C=O) groups is 1. The highest BCUT2D eigenvalue weighted by molar-refractivity contribution is 5.66. The summed E-state index contributed by atoms with van der Waals surface area (Å²) in [7, 11) is 0. The largest absolute Gasteiger partial charge is 0.481 e. The van der Waals surface area contributed by atoms with Gasteiger partial charge in [-0.25, -0.2) is 0 Å². The van der Waals surface area contributed by atoms with Crippen LogP contribution in [0.2, 0.25) is 0 Å². The molecule has 0 aromatic carbocycles. The zero-order chi connectivity index (χ0) is 16.3. The van der Waals surface area contributed by atoms with Gasteiger partial charge in [-0.2, -0.15) is 0 Å². The lowest BCUT2D eigenvalue weighted by Crippen LogP contribution is -1.92. The normalized spacial score (nSPS) is 12.8. The molecule has 2 nitrogen and oxygen atoms in total. The van der Waals surface area contributed by atoms with Crippen LogP contribution < -0.4 is 0 Å². The van der Waals surface area contributed by atoms with Crippen LogP contribution in [-0.4, -0.2) is 11.1 Å². The molecule has 0 bridgehead atoms. The first kappa shape index (κ1) is 20.2. The van der Waals surface area contributed by atoms with Crippen LogP contribution in [0, 0.1) is 0 Å². The fourth-order valence-corrected chi connectivity index (χ4v) is 1.74. The van der Waals surface area contributed by atoms with Crippen LogP contribution >= 0.6 is 0 Å². The summed E-state index contributed by atoms with van der Waals surface area (Å²) >= 11 is 0. The summed E-state index contributed by atoms with van der Waals surface area (Å²) in [5.74, 6) is -0.715. The molecular formula is C20H30O2. The van der Waals surface area contributed by atoms with E-state index in [2.05, 4.69) is 67.7 Å². The van der Waals surface area contributed by atoms with Gasteiger partial charge in [0.05, 0.1) is 0 Å². The van der Waals surface area contributed by atoms with E-state index in [9.17, 15) is 4.79 Å². The Hall–Kier alpha value is -1.83. The SMILES string of the molecule is CCC=CCC=CCC=CCC=CC/C=C\CCCC(=O)O. The molecule has 0 radical (unpaired) electrons. The minimum atomic E-state index is -0.715. The number of rotatable bonds is 13. The molecule has 0 aromatic rings. The molecule has 0 aromatic heterocycles. The van der Waals surface area contributed by atoms with Crippen molar-refractivity contribution in [2.24, 2.45) is 0 Å². The van der Waals surface area contributed by atoms with E-state index in [4.69, 9.17) is 5.11 Å². The number of allylic oxidation sites excluding steroid dienone is 10. The molecule has 2 heteroatoms. The van der Waals surface area contributed by atoms with Crippen LogP contribution in [0.25, 0.3) is 0 Å². The molecule has 0 rings (SSSR count). The summed E-state index contributed by atoms with van der Waals surface area (Å²) in [6.07, 6.45) is 28.4. The second-order valence-corrected chi connectivity index (χ2v) is 4.99. The van der Waals surface area contributed by atoms with Crippen molar-refractivity contribution < 1.29 is 9.90 Å². The van der Waals surface area contributed by atoms with Gasteiger partial charge in [0.25, 0.3) is 0 Å². The predicted octanol–water partition coefficient (Wildman–Crippen LogP) is 5.99. The Bertz CT molecular complexity index is 398. The second-order valence-electron chi connectivity index (χ2n) is 4.99. The van der Waals surface area contributed by atoms with Crippen LogP contribution in [0.4, 0.5) is 0 Å². The van der Waals surface area contributed by atoms with Gasteiger partial charge in [0.1, 0.15) is 0 Å². The highest BCUT2D eigenvalue weighted by atomic mass is 16.4. The van der Waals surface area contributed by atoms with E-state index >= 15 is 0 Å². The predicted molar refractivity (Wildman–Crippen MR) is 95.9 cm³/mol.